The molecule has 0 unspecified atom stereocenters. The molecule has 0 bridgehead atoms. The van der Waals surface area contributed by atoms with Crippen LogP contribution >= 0.6 is 79.6 Å². The van der Waals surface area contributed by atoms with Crippen LogP contribution in [-0.4, -0.2) is 0 Å². The third kappa shape index (κ3) is 2.35. The zero-order chi connectivity index (χ0) is 9.30. The molecule has 0 aliphatic heterocycles. The highest BCUT2D eigenvalue weighted by Crippen LogP contribution is 2.39. The minimum atomic E-state index is 0.831. The molecule has 0 spiro atoms. The fraction of sp³-hybridized carbons (Fsp3) is 0.143. The van der Waals surface area contributed by atoms with Crippen LogP contribution in [0.2, 0.25) is 0 Å². The second-order valence-corrected chi connectivity index (χ2v) is 5.89. The fourth-order valence-electron chi connectivity index (χ4n) is 0.719. The van der Waals surface area contributed by atoms with Gasteiger partial charge in [-0.25, -0.2) is 0 Å². The topological polar surface area (TPSA) is 0 Å². The second-order valence-electron chi connectivity index (χ2n) is 2.09. The molecular formula is C7H3Br5. The van der Waals surface area contributed by atoms with Crippen molar-refractivity contribution >= 4 is 79.6 Å². The van der Waals surface area contributed by atoms with Crippen LogP contribution in [0.1, 0.15) is 5.56 Å². The van der Waals surface area contributed by atoms with Crippen molar-refractivity contribution in [2.75, 3.05) is 0 Å². The van der Waals surface area contributed by atoms with Gasteiger partial charge in [-0.2, -0.15) is 0 Å². The van der Waals surface area contributed by atoms with Gasteiger partial charge in [0.2, 0.25) is 0 Å². The third-order valence-corrected chi connectivity index (χ3v) is 6.67. The third-order valence-electron chi connectivity index (χ3n) is 1.32. The number of alkyl halides is 1. The Labute approximate surface area is 113 Å². The molecule has 0 atom stereocenters. The Hall–Kier alpha value is 1.62. The Kier molecular flexibility index (Phi) is 4.79. The highest BCUT2D eigenvalue weighted by Gasteiger charge is 2.10. The lowest BCUT2D eigenvalue weighted by atomic mass is 10.2. The molecule has 0 N–H and O–H groups in total. The van der Waals surface area contributed by atoms with Crippen molar-refractivity contribution in [1.82, 2.24) is 0 Å². The van der Waals surface area contributed by atoms with Crippen molar-refractivity contribution in [2.24, 2.45) is 0 Å². The van der Waals surface area contributed by atoms with Crippen LogP contribution < -0.4 is 0 Å². The van der Waals surface area contributed by atoms with Gasteiger partial charge in [0.05, 0.1) is 0 Å². The van der Waals surface area contributed by atoms with Crippen molar-refractivity contribution in [2.45, 2.75) is 5.33 Å². The van der Waals surface area contributed by atoms with Crippen molar-refractivity contribution in [3.8, 4) is 0 Å². The predicted molar refractivity (Wildman–Crippen MR) is 69.9 cm³/mol. The van der Waals surface area contributed by atoms with Gasteiger partial charge in [-0.05, 0) is 75.3 Å². The summed E-state index contributed by atoms with van der Waals surface area (Å²) < 4.78 is 4.19. The van der Waals surface area contributed by atoms with E-state index in [1.165, 1.54) is 5.56 Å². The quantitative estimate of drug-likeness (QED) is 0.274. The van der Waals surface area contributed by atoms with Crippen LogP contribution in [0.5, 0.6) is 0 Å². The molecule has 1 aromatic carbocycles. The van der Waals surface area contributed by atoms with E-state index in [0.717, 1.165) is 23.2 Å². The van der Waals surface area contributed by atoms with Gasteiger partial charge >= 0.3 is 0 Å². The zero-order valence-corrected chi connectivity index (χ0v) is 13.6. The van der Waals surface area contributed by atoms with Crippen LogP contribution in [0.25, 0.3) is 0 Å². The van der Waals surface area contributed by atoms with Gasteiger partial charge < -0.3 is 0 Å². The summed E-state index contributed by atoms with van der Waals surface area (Å²) in [7, 11) is 0. The van der Waals surface area contributed by atoms with E-state index in [1.807, 2.05) is 0 Å². The van der Waals surface area contributed by atoms with Gasteiger partial charge in [0, 0.05) is 23.2 Å². The first-order valence-electron chi connectivity index (χ1n) is 2.95. The molecule has 0 aromatic heterocycles. The largest absolute Gasteiger partial charge is 0.0876 e. The summed E-state index contributed by atoms with van der Waals surface area (Å²) in [5.74, 6) is 0. The van der Waals surface area contributed by atoms with E-state index in [4.69, 9.17) is 0 Å². The van der Waals surface area contributed by atoms with Gasteiger partial charge in [-0.15, -0.1) is 0 Å². The summed E-state index contributed by atoms with van der Waals surface area (Å²) in [6.07, 6.45) is 0. The molecule has 0 fully saturated rings. The standard InChI is InChI=1S/C7H3Br5/c8-2-3-1-4(9)6(11)7(12)5(3)10/h1H,2H2. The Balaban J connectivity index is 3.39. The first kappa shape index (κ1) is 11.7. The molecule has 0 aliphatic rings. The molecular weight excluding hydrogens is 484 g/mol. The average molecular weight is 487 g/mol. The minimum absolute atomic E-state index is 0.831. The monoisotopic (exact) mass is 482 g/mol. The fourth-order valence-corrected chi connectivity index (χ4v) is 3.78. The summed E-state index contributed by atoms with van der Waals surface area (Å²) in [6.45, 7) is 0. The molecule has 5 heteroatoms. The molecule has 1 aromatic rings. The zero-order valence-electron chi connectivity index (χ0n) is 5.67. The molecule has 0 radical (unpaired) electrons. The van der Waals surface area contributed by atoms with Crippen LogP contribution in [0, 0.1) is 0 Å². The van der Waals surface area contributed by atoms with Crippen molar-refractivity contribution in [3.63, 3.8) is 0 Å². The maximum absolute atomic E-state index is 3.50. The lowest BCUT2D eigenvalue weighted by molar-refractivity contribution is 1.34. The Morgan fingerprint density at radius 1 is 0.917 bits per heavy atom. The second kappa shape index (κ2) is 4.91. The summed E-state index contributed by atoms with van der Waals surface area (Å²) in [4.78, 5) is 0. The van der Waals surface area contributed by atoms with Crippen LogP contribution in [0.15, 0.2) is 24.0 Å². The molecule has 0 nitrogen and oxygen atoms in total. The minimum Gasteiger partial charge on any atom is -0.0876 e. The van der Waals surface area contributed by atoms with E-state index >= 15 is 0 Å². The number of hydrogen-bond donors (Lipinski definition) is 0. The highest BCUT2D eigenvalue weighted by atomic mass is 79.9. The molecule has 12 heavy (non-hydrogen) atoms. The first-order valence-corrected chi connectivity index (χ1v) is 7.25. The van der Waals surface area contributed by atoms with E-state index in [2.05, 4.69) is 85.7 Å². The summed E-state index contributed by atoms with van der Waals surface area (Å²) in [6, 6.07) is 2.06. The highest BCUT2D eigenvalue weighted by molar-refractivity contribution is 9.15. The maximum atomic E-state index is 3.50. The number of rotatable bonds is 1. The summed E-state index contributed by atoms with van der Waals surface area (Å²) >= 11 is 17.3. The lowest BCUT2D eigenvalue weighted by Gasteiger charge is -2.07. The van der Waals surface area contributed by atoms with E-state index in [1.54, 1.807) is 0 Å². The van der Waals surface area contributed by atoms with Crippen LogP contribution in [-0.2, 0) is 5.33 Å². The maximum Gasteiger partial charge on any atom is 0.0474 e. The lowest BCUT2D eigenvalue weighted by Crippen LogP contribution is -1.84. The normalized spacial score (nSPS) is 10.4. The number of hydrogen-bond acceptors (Lipinski definition) is 0. The van der Waals surface area contributed by atoms with Crippen LogP contribution in [0.4, 0.5) is 0 Å². The Morgan fingerprint density at radius 3 is 2.00 bits per heavy atom. The van der Waals surface area contributed by atoms with Crippen molar-refractivity contribution in [1.29, 1.82) is 0 Å². The predicted octanol–water partition coefficient (Wildman–Crippen LogP) is 5.63. The molecule has 0 saturated heterocycles. The van der Waals surface area contributed by atoms with E-state index in [9.17, 15) is 0 Å². The molecule has 0 saturated carbocycles. The smallest absolute Gasteiger partial charge is 0.0474 e. The Morgan fingerprint density at radius 2 is 1.50 bits per heavy atom. The first-order chi connectivity index (χ1) is 5.57. The summed E-state index contributed by atoms with van der Waals surface area (Å²) in [5.41, 5.74) is 1.21. The average Bonchev–Trinajstić information content (AvgIpc) is 2.08. The SMILES string of the molecule is BrCc1cc(Br)c(Br)c(Br)c1Br. The van der Waals surface area contributed by atoms with Gasteiger partial charge in [0.25, 0.3) is 0 Å². The van der Waals surface area contributed by atoms with Gasteiger partial charge in [-0.3, -0.25) is 0 Å². The number of halogens is 5. The van der Waals surface area contributed by atoms with Gasteiger partial charge in [-0.1, -0.05) is 15.9 Å². The summed E-state index contributed by atoms with van der Waals surface area (Å²) in [5, 5.41) is 0.831. The van der Waals surface area contributed by atoms with E-state index < -0.39 is 0 Å². The molecule has 0 amide bonds. The van der Waals surface area contributed by atoms with E-state index in [-0.39, 0.29) is 0 Å². The molecule has 1 rings (SSSR count). The van der Waals surface area contributed by atoms with Gasteiger partial charge in [0.1, 0.15) is 0 Å². The van der Waals surface area contributed by atoms with E-state index in [0.29, 0.717) is 0 Å². The van der Waals surface area contributed by atoms with Crippen LogP contribution in [0.3, 0.4) is 0 Å². The van der Waals surface area contributed by atoms with Crippen molar-refractivity contribution < 1.29 is 0 Å². The molecule has 66 valence electrons. The molecule has 0 heterocycles. The Bertz CT molecular complexity index is 307. The number of benzene rings is 1. The van der Waals surface area contributed by atoms with Crippen molar-refractivity contribution in [3.05, 3.63) is 29.5 Å². The molecule has 0 aliphatic carbocycles. The van der Waals surface area contributed by atoms with Gasteiger partial charge in [0.15, 0.2) is 0 Å².